The molecule has 1 aliphatic rings. The Hall–Kier alpha value is -4.23. The smallest absolute Gasteiger partial charge is 0.295 e. The summed E-state index contributed by atoms with van der Waals surface area (Å²) < 4.78 is 10.7. The average Bonchev–Trinajstić information content (AvgIpc) is 3.42. The van der Waals surface area contributed by atoms with Gasteiger partial charge < -0.3 is 24.5 Å². The summed E-state index contributed by atoms with van der Waals surface area (Å²) in [6.07, 6.45) is 1.77. The summed E-state index contributed by atoms with van der Waals surface area (Å²) in [6, 6.07) is 17.4. The van der Waals surface area contributed by atoms with Gasteiger partial charge in [-0.1, -0.05) is 41.9 Å². The minimum atomic E-state index is -0.845. The zero-order valence-electron chi connectivity index (χ0n) is 20.5. The van der Waals surface area contributed by atoms with Crippen molar-refractivity contribution in [2.75, 3.05) is 14.2 Å². The Morgan fingerprint density at radius 1 is 1.05 bits per heavy atom. The number of nitrogens with zero attached hydrogens (tertiary/aromatic N) is 1. The number of halogens is 1. The number of H-pyrrole nitrogens is 1. The molecule has 0 saturated carbocycles. The van der Waals surface area contributed by atoms with Gasteiger partial charge in [-0.05, 0) is 48.4 Å². The fourth-order valence-corrected chi connectivity index (χ4v) is 5.22. The molecule has 2 heterocycles. The molecule has 188 valence electrons. The number of ether oxygens (including phenoxy) is 2. The number of carbonyl (C=O) groups is 2. The Morgan fingerprint density at radius 3 is 2.49 bits per heavy atom. The molecule has 2 N–H and O–H groups in total. The van der Waals surface area contributed by atoms with Crippen LogP contribution in [0.2, 0.25) is 5.02 Å². The van der Waals surface area contributed by atoms with Crippen molar-refractivity contribution in [2.45, 2.75) is 19.5 Å². The molecule has 1 fully saturated rings. The SMILES string of the molecule is COc1ccc(CN2C(=O)C(=O)/C(=C(/O)c3cc(C)cc(Cl)c3OC)C2c2c[nH]c3ccccc23)cc1. The number of aryl methyl sites for hydroxylation is 1. The Bertz CT molecular complexity index is 1550. The molecule has 1 aromatic heterocycles. The maximum absolute atomic E-state index is 13.5. The molecule has 1 amide bonds. The van der Waals surface area contributed by atoms with Gasteiger partial charge in [-0.25, -0.2) is 0 Å². The maximum atomic E-state index is 13.5. The first-order valence-electron chi connectivity index (χ1n) is 11.7. The molecule has 0 aliphatic carbocycles. The zero-order valence-corrected chi connectivity index (χ0v) is 21.3. The summed E-state index contributed by atoms with van der Waals surface area (Å²) in [5, 5.41) is 12.7. The van der Waals surface area contributed by atoms with E-state index in [1.807, 2.05) is 43.3 Å². The number of aromatic amines is 1. The van der Waals surface area contributed by atoms with Gasteiger partial charge in [0.15, 0.2) is 0 Å². The van der Waals surface area contributed by atoms with Crippen molar-refractivity contribution in [2.24, 2.45) is 0 Å². The standard InChI is InChI=1S/C29H25ClN2O5/c1-16-12-20(28(37-3)22(30)13-16)26(33)24-25(21-14-31-23-7-5-4-6-19(21)23)32(29(35)27(24)34)15-17-8-10-18(36-2)11-9-17/h4-14,25,31,33H,15H2,1-3H3/b26-24+. The van der Waals surface area contributed by atoms with E-state index in [1.54, 1.807) is 37.6 Å². The van der Waals surface area contributed by atoms with Crippen LogP contribution in [0.1, 0.15) is 28.3 Å². The molecule has 1 saturated heterocycles. The number of nitrogens with one attached hydrogen (secondary N) is 1. The molecule has 37 heavy (non-hydrogen) atoms. The average molecular weight is 517 g/mol. The third kappa shape index (κ3) is 4.21. The second kappa shape index (κ2) is 9.67. The first-order valence-corrected chi connectivity index (χ1v) is 12.0. The Balaban J connectivity index is 1.72. The lowest BCUT2D eigenvalue weighted by atomic mass is 9.94. The lowest BCUT2D eigenvalue weighted by Gasteiger charge is -2.25. The first kappa shape index (κ1) is 24.5. The summed E-state index contributed by atoms with van der Waals surface area (Å²) >= 11 is 6.39. The molecule has 1 unspecified atom stereocenters. The van der Waals surface area contributed by atoms with Crippen molar-refractivity contribution in [1.29, 1.82) is 0 Å². The summed E-state index contributed by atoms with van der Waals surface area (Å²) in [6.45, 7) is 1.97. The number of fused-ring (bicyclic) bond motifs is 1. The minimum absolute atomic E-state index is 0.0248. The third-order valence-electron chi connectivity index (χ3n) is 6.61. The first-order chi connectivity index (χ1) is 17.8. The molecular formula is C29H25ClN2O5. The van der Waals surface area contributed by atoms with Gasteiger partial charge in [-0.3, -0.25) is 9.59 Å². The molecule has 7 nitrogen and oxygen atoms in total. The van der Waals surface area contributed by atoms with E-state index in [2.05, 4.69) is 4.98 Å². The van der Waals surface area contributed by atoms with Crippen LogP contribution in [0.25, 0.3) is 16.7 Å². The second-order valence-corrected chi connectivity index (χ2v) is 9.30. The predicted molar refractivity (Wildman–Crippen MR) is 142 cm³/mol. The van der Waals surface area contributed by atoms with Crippen LogP contribution in [-0.4, -0.2) is 40.9 Å². The van der Waals surface area contributed by atoms with Crippen LogP contribution in [-0.2, 0) is 16.1 Å². The Labute approximate surface area is 218 Å². The van der Waals surface area contributed by atoms with Gasteiger partial charge in [0.25, 0.3) is 11.7 Å². The van der Waals surface area contributed by atoms with Crippen molar-refractivity contribution >= 4 is 40.0 Å². The van der Waals surface area contributed by atoms with Crippen LogP contribution >= 0.6 is 11.6 Å². The number of likely N-dealkylation sites (tertiary alicyclic amines) is 1. The van der Waals surface area contributed by atoms with Crippen LogP contribution in [0.15, 0.2) is 72.4 Å². The molecule has 5 rings (SSSR count). The van der Waals surface area contributed by atoms with Gasteiger partial charge >= 0.3 is 0 Å². The number of para-hydroxylation sites is 1. The van der Waals surface area contributed by atoms with Gasteiger partial charge in [0.1, 0.15) is 17.3 Å². The predicted octanol–water partition coefficient (Wildman–Crippen LogP) is 5.77. The Kier molecular flexibility index (Phi) is 6.39. The monoisotopic (exact) mass is 516 g/mol. The summed E-state index contributed by atoms with van der Waals surface area (Å²) in [4.78, 5) is 31.7. The number of carbonyl (C=O) groups excluding carboxylic acids is 2. The lowest BCUT2D eigenvalue weighted by molar-refractivity contribution is -0.140. The highest BCUT2D eigenvalue weighted by Crippen LogP contribution is 2.45. The van der Waals surface area contributed by atoms with Crippen molar-refractivity contribution in [3.05, 3.63) is 99.7 Å². The van der Waals surface area contributed by atoms with Crippen molar-refractivity contribution in [1.82, 2.24) is 9.88 Å². The number of aliphatic hydroxyl groups excluding tert-OH is 1. The molecule has 0 radical (unpaired) electrons. The zero-order chi connectivity index (χ0) is 26.3. The van der Waals surface area contributed by atoms with Crippen LogP contribution in [0.5, 0.6) is 11.5 Å². The third-order valence-corrected chi connectivity index (χ3v) is 6.90. The number of hydrogen-bond donors (Lipinski definition) is 2. The number of ketones is 1. The number of benzene rings is 3. The Morgan fingerprint density at radius 2 is 1.78 bits per heavy atom. The fraction of sp³-hybridized carbons (Fsp3) is 0.172. The van der Waals surface area contributed by atoms with Gasteiger partial charge in [0.2, 0.25) is 0 Å². The summed E-state index contributed by atoms with van der Waals surface area (Å²) in [7, 11) is 3.02. The van der Waals surface area contributed by atoms with E-state index in [4.69, 9.17) is 21.1 Å². The van der Waals surface area contributed by atoms with Gasteiger partial charge in [-0.15, -0.1) is 0 Å². The molecule has 1 atom stereocenters. The normalized spacial score (nSPS) is 17.0. The fourth-order valence-electron chi connectivity index (χ4n) is 4.87. The quantitative estimate of drug-likeness (QED) is 0.193. The number of aromatic nitrogens is 1. The van der Waals surface area contributed by atoms with Crippen molar-refractivity contribution in [3.8, 4) is 11.5 Å². The highest BCUT2D eigenvalue weighted by Gasteiger charge is 2.47. The van der Waals surface area contributed by atoms with E-state index in [0.717, 1.165) is 22.0 Å². The lowest BCUT2D eigenvalue weighted by Crippen LogP contribution is -2.29. The molecule has 1 aliphatic heterocycles. The van der Waals surface area contributed by atoms with Crippen LogP contribution in [0.4, 0.5) is 0 Å². The van der Waals surface area contributed by atoms with E-state index in [0.29, 0.717) is 16.3 Å². The van der Waals surface area contributed by atoms with Crippen molar-refractivity contribution < 1.29 is 24.2 Å². The number of methoxy groups -OCH3 is 2. The number of Topliss-reactive ketones (excluding diaryl/α,β-unsaturated/α-hetero) is 1. The van der Waals surface area contributed by atoms with E-state index in [9.17, 15) is 14.7 Å². The molecule has 0 spiro atoms. The van der Waals surface area contributed by atoms with Crippen LogP contribution < -0.4 is 9.47 Å². The second-order valence-electron chi connectivity index (χ2n) is 8.89. The highest BCUT2D eigenvalue weighted by atomic mass is 35.5. The van der Waals surface area contributed by atoms with E-state index < -0.39 is 17.7 Å². The molecule has 4 aromatic rings. The topological polar surface area (TPSA) is 91.9 Å². The molecule has 3 aromatic carbocycles. The van der Waals surface area contributed by atoms with E-state index in [1.165, 1.54) is 12.0 Å². The number of amides is 1. The van der Waals surface area contributed by atoms with Crippen LogP contribution in [0.3, 0.4) is 0 Å². The maximum Gasteiger partial charge on any atom is 0.295 e. The molecule has 0 bridgehead atoms. The summed E-state index contributed by atoms with van der Waals surface area (Å²) in [5.41, 5.74) is 3.35. The minimum Gasteiger partial charge on any atom is -0.507 e. The molecular weight excluding hydrogens is 492 g/mol. The number of hydrogen-bond acceptors (Lipinski definition) is 5. The van der Waals surface area contributed by atoms with E-state index in [-0.39, 0.29) is 29.2 Å². The van der Waals surface area contributed by atoms with Gasteiger partial charge in [0.05, 0.1) is 36.4 Å². The number of rotatable bonds is 6. The largest absolute Gasteiger partial charge is 0.507 e. The van der Waals surface area contributed by atoms with E-state index >= 15 is 0 Å². The van der Waals surface area contributed by atoms with Crippen LogP contribution in [0, 0.1) is 6.92 Å². The summed E-state index contributed by atoms with van der Waals surface area (Å²) in [5.74, 6) is -0.911. The van der Waals surface area contributed by atoms with Crippen molar-refractivity contribution in [3.63, 3.8) is 0 Å². The van der Waals surface area contributed by atoms with Gasteiger partial charge in [0, 0.05) is 29.2 Å². The highest BCUT2D eigenvalue weighted by molar-refractivity contribution is 6.46. The number of aliphatic hydroxyl groups is 1. The molecule has 8 heteroatoms. The van der Waals surface area contributed by atoms with Gasteiger partial charge in [-0.2, -0.15) is 0 Å².